The highest BCUT2D eigenvalue weighted by Crippen LogP contribution is 2.29. The smallest absolute Gasteiger partial charge is 0.237 e. The number of hydrogen-bond donors (Lipinski definition) is 1. The lowest BCUT2D eigenvalue weighted by molar-refractivity contribution is -0.115. The molecule has 0 aromatic heterocycles. The molecule has 1 amide bonds. The van der Waals surface area contributed by atoms with Crippen molar-refractivity contribution < 1.29 is 9.53 Å². The molecule has 2 aliphatic rings. The van der Waals surface area contributed by atoms with Crippen LogP contribution in [0.2, 0.25) is 0 Å². The summed E-state index contributed by atoms with van der Waals surface area (Å²) in [6.07, 6.45) is 3.39. The van der Waals surface area contributed by atoms with E-state index >= 15 is 0 Å². The molecule has 5 heteroatoms. The summed E-state index contributed by atoms with van der Waals surface area (Å²) in [5.74, 6) is 1.25. The van der Waals surface area contributed by atoms with Gasteiger partial charge in [-0.1, -0.05) is 18.6 Å². The van der Waals surface area contributed by atoms with Gasteiger partial charge in [-0.3, -0.25) is 4.79 Å². The molecule has 2 saturated heterocycles. The van der Waals surface area contributed by atoms with Gasteiger partial charge in [-0.05, 0) is 30.7 Å². The first kappa shape index (κ1) is 14.7. The molecule has 4 nitrogen and oxygen atoms in total. The zero-order valence-corrected chi connectivity index (χ0v) is 13.0. The van der Waals surface area contributed by atoms with Gasteiger partial charge in [0.25, 0.3) is 0 Å². The zero-order valence-electron chi connectivity index (χ0n) is 12.2. The van der Waals surface area contributed by atoms with E-state index < -0.39 is 0 Å². The number of hydrogen-bond acceptors (Lipinski definition) is 4. The predicted molar refractivity (Wildman–Crippen MR) is 88.2 cm³/mol. The van der Waals surface area contributed by atoms with Crippen molar-refractivity contribution in [3.05, 3.63) is 24.3 Å². The number of carbonyl (C=O) groups excluding carboxylic acids is 1. The van der Waals surface area contributed by atoms with Crippen LogP contribution >= 0.6 is 11.8 Å². The van der Waals surface area contributed by atoms with Gasteiger partial charge in [-0.25, -0.2) is 0 Å². The average molecular weight is 306 g/mol. The van der Waals surface area contributed by atoms with Crippen LogP contribution < -0.4 is 10.2 Å². The van der Waals surface area contributed by atoms with Gasteiger partial charge in [0.05, 0.1) is 29.8 Å². The Kier molecular flexibility index (Phi) is 5.04. The van der Waals surface area contributed by atoms with E-state index in [1.54, 1.807) is 11.8 Å². The van der Waals surface area contributed by atoms with Crippen molar-refractivity contribution in [2.45, 2.75) is 24.5 Å². The van der Waals surface area contributed by atoms with Crippen LogP contribution in [0, 0.1) is 0 Å². The Morgan fingerprint density at radius 3 is 2.81 bits per heavy atom. The van der Waals surface area contributed by atoms with Gasteiger partial charge in [0.1, 0.15) is 0 Å². The van der Waals surface area contributed by atoms with Crippen molar-refractivity contribution in [2.75, 3.05) is 42.3 Å². The van der Waals surface area contributed by atoms with Crippen molar-refractivity contribution in [2.24, 2.45) is 0 Å². The maximum atomic E-state index is 12.4. The molecule has 1 atom stereocenters. The standard InChI is InChI=1S/C16H22N2O2S/c19-16(15-7-3-4-12-21-15)17-13-5-1-2-6-14(13)18-8-10-20-11-9-18/h1-2,5-6,15H,3-4,7-12H2,(H,17,19). The topological polar surface area (TPSA) is 41.6 Å². The van der Waals surface area contributed by atoms with Crippen molar-refractivity contribution in [1.29, 1.82) is 0 Å². The van der Waals surface area contributed by atoms with Crippen molar-refractivity contribution >= 4 is 29.0 Å². The Morgan fingerprint density at radius 2 is 2.05 bits per heavy atom. The quantitative estimate of drug-likeness (QED) is 0.932. The van der Waals surface area contributed by atoms with Crippen LogP contribution in [0.4, 0.5) is 11.4 Å². The molecule has 21 heavy (non-hydrogen) atoms. The number of rotatable bonds is 3. The summed E-state index contributed by atoms with van der Waals surface area (Å²) in [4.78, 5) is 14.7. The Labute approximate surface area is 130 Å². The lowest BCUT2D eigenvalue weighted by Gasteiger charge is -2.31. The molecule has 2 fully saturated rings. The average Bonchev–Trinajstić information content (AvgIpc) is 2.57. The number of anilines is 2. The summed E-state index contributed by atoms with van der Waals surface area (Å²) in [5.41, 5.74) is 2.03. The van der Waals surface area contributed by atoms with E-state index in [2.05, 4.69) is 16.3 Å². The minimum absolute atomic E-state index is 0.108. The van der Waals surface area contributed by atoms with Crippen LogP contribution in [0.1, 0.15) is 19.3 Å². The molecule has 0 bridgehead atoms. The van der Waals surface area contributed by atoms with Gasteiger partial charge in [-0.2, -0.15) is 0 Å². The normalized spacial score (nSPS) is 22.9. The fourth-order valence-corrected chi connectivity index (χ4v) is 4.02. The van der Waals surface area contributed by atoms with Gasteiger partial charge in [0.15, 0.2) is 0 Å². The van der Waals surface area contributed by atoms with Crippen LogP contribution in [-0.4, -0.2) is 43.2 Å². The summed E-state index contributed by atoms with van der Waals surface area (Å²) in [5, 5.41) is 3.24. The van der Waals surface area contributed by atoms with E-state index in [0.717, 1.165) is 56.3 Å². The van der Waals surface area contributed by atoms with Gasteiger partial charge < -0.3 is 15.0 Å². The van der Waals surface area contributed by atoms with Crippen LogP contribution in [0.15, 0.2) is 24.3 Å². The van der Waals surface area contributed by atoms with E-state index in [4.69, 9.17) is 4.74 Å². The molecule has 1 aromatic rings. The fourth-order valence-electron chi connectivity index (χ4n) is 2.82. The van der Waals surface area contributed by atoms with E-state index in [1.165, 1.54) is 6.42 Å². The first-order valence-electron chi connectivity index (χ1n) is 7.69. The number of para-hydroxylation sites is 2. The minimum atomic E-state index is 0.108. The number of benzene rings is 1. The SMILES string of the molecule is O=C(Nc1ccccc1N1CCOCC1)C1CCCCS1. The second kappa shape index (κ2) is 7.18. The third-order valence-corrected chi connectivity index (χ3v) is 5.36. The lowest BCUT2D eigenvalue weighted by Crippen LogP contribution is -2.37. The van der Waals surface area contributed by atoms with E-state index in [1.807, 2.05) is 18.2 Å². The van der Waals surface area contributed by atoms with Crippen molar-refractivity contribution in [1.82, 2.24) is 0 Å². The number of carbonyl (C=O) groups is 1. The number of nitrogens with one attached hydrogen (secondary N) is 1. The monoisotopic (exact) mass is 306 g/mol. The molecule has 2 aliphatic heterocycles. The van der Waals surface area contributed by atoms with Gasteiger partial charge in [-0.15, -0.1) is 11.8 Å². The summed E-state index contributed by atoms with van der Waals surface area (Å²) in [7, 11) is 0. The van der Waals surface area contributed by atoms with E-state index in [-0.39, 0.29) is 11.2 Å². The fraction of sp³-hybridized carbons (Fsp3) is 0.562. The molecule has 0 spiro atoms. The predicted octanol–water partition coefficient (Wildman–Crippen LogP) is 2.75. The van der Waals surface area contributed by atoms with Crippen LogP contribution in [-0.2, 0) is 9.53 Å². The molecule has 1 N–H and O–H groups in total. The van der Waals surface area contributed by atoms with Crippen LogP contribution in [0.25, 0.3) is 0 Å². The second-order valence-electron chi connectivity index (χ2n) is 5.46. The number of ether oxygens (including phenoxy) is 1. The number of amides is 1. The zero-order chi connectivity index (χ0) is 14.5. The molecule has 1 aromatic carbocycles. The second-order valence-corrected chi connectivity index (χ2v) is 6.77. The molecule has 0 aliphatic carbocycles. The van der Waals surface area contributed by atoms with Gasteiger partial charge >= 0.3 is 0 Å². The lowest BCUT2D eigenvalue weighted by atomic mass is 10.1. The Morgan fingerprint density at radius 1 is 1.24 bits per heavy atom. The van der Waals surface area contributed by atoms with Crippen molar-refractivity contribution in [3.8, 4) is 0 Å². The summed E-state index contributed by atoms with van der Waals surface area (Å²) in [6, 6.07) is 8.08. The maximum Gasteiger partial charge on any atom is 0.237 e. The third-order valence-electron chi connectivity index (χ3n) is 3.99. The Bertz CT molecular complexity index is 483. The highest BCUT2D eigenvalue weighted by atomic mass is 32.2. The Hall–Kier alpha value is -1.20. The molecule has 0 radical (unpaired) electrons. The molecule has 2 heterocycles. The van der Waals surface area contributed by atoms with Crippen LogP contribution in [0.5, 0.6) is 0 Å². The first-order valence-corrected chi connectivity index (χ1v) is 8.73. The molecule has 1 unspecified atom stereocenters. The molecule has 114 valence electrons. The maximum absolute atomic E-state index is 12.4. The number of thioether (sulfide) groups is 1. The third kappa shape index (κ3) is 3.71. The summed E-state index contributed by atoms with van der Waals surface area (Å²) < 4.78 is 5.40. The molecular formula is C16H22N2O2S. The van der Waals surface area contributed by atoms with Gasteiger partial charge in [0, 0.05) is 13.1 Å². The van der Waals surface area contributed by atoms with Crippen molar-refractivity contribution in [3.63, 3.8) is 0 Å². The first-order chi connectivity index (χ1) is 10.3. The highest BCUT2D eigenvalue weighted by molar-refractivity contribution is 8.00. The summed E-state index contributed by atoms with van der Waals surface area (Å²) in [6.45, 7) is 3.26. The number of nitrogens with zero attached hydrogens (tertiary/aromatic N) is 1. The highest BCUT2D eigenvalue weighted by Gasteiger charge is 2.23. The molecule has 3 rings (SSSR count). The van der Waals surface area contributed by atoms with Gasteiger partial charge in [0.2, 0.25) is 5.91 Å². The minimum Gasteiger partial charge on any atom is -0.378 e. The van der Waals surface area contributed by atoms with E-state index in [9.17, 15) is 4.79 Å². The van der Waals surface area contributed by atoms with E-state index in [0.29, 0.717) is 0 Å². The molecule has 0 saturated carbocycles. The van der Waals surface area contributed by atoms with Crippen LogP contribution in [0.3, 0.4) is 0 Å². The molecular weight excluding hydrogens is 284 g/mol. The number of morpholine rings is 1. The summed E-state index contributed by atoms with van der Waals surface area (Å²) >= 11 is 1.79. The Balaban J connectivity index is 1.70. The largest absolute Gasteiger partial charge is 0.378 e.